The van der Waals surface area contributed by atoms with Crippen molar-refractivity contribution in [2.24, 2.45) is 0 Å². The molecule has 0 saturated carbocycles. The van der Waals surface area contributed by atoms with Gasteiger partial charge in [0.15, 0.2) is 0 Å². The second kappa shape index (κ2) is 5.76. The van der Waals surface area contributed by atoms with Crippen LogP contribution < -0.4 is 4.90 Å². The summed E-state index contributed by atoms with van der Waals surface area (Å²) in [5, 5.41) is 0.741. The van der Waals surface area contributed by atoms with E-state index in [-0.39, 0.29) is 0 Å². The van der Waals surface area contributed by atoms with E-state index in [0.717, 1.165) is 43.3 Å². The van der Waals surface area contributed by atoms with Crippen LogP contribution in [-0.4, -0.2) is 26.3 Å². The van der Waals surface area contributed by atoms with Gasteiger partial charge in [0.2, 0.25) is 0 Å². The van der Waals surface area contributed by atoms with Crippen molar-refractivity contribution in [3.63, 3.8) is 0 Å². The summed E-state index contributed by atoms with van der Waals surface area (Å²) in [6.07, 6.45) is 1.06. The topological polar surface area (TPSA) is 12.5 Å². The highest BCUT2D eigenvalue weighted by atomic mass is 35.5. The second-order valence-corrected chi connectivity index (χ2v) is 4.56. The number of rotatable bonds is 2. The molecular weight excluding hydrogens is 245 g/mol. The summed E-state index contributed by atoms with van der Waals surface area (Å²) in [6, 6.07) is 5.90. The number of benzene rings is 1. The fourth-order valence-corrected chi connectivity index (χ4v) is 2.37. The molecule has 2 rings (SSSR count). The van der Waals surface area contributed by atoms with Crippen molar-refractivity contribution < 1.29 is 4.74 Å². The van der Waals surface area contributed by atoms with Gasteiger partial charge in [0, 0.05) is 36.3 Å². The number of ether oxygens (including phenoxy) is 1. The molecule has 88 valence electrons. The van der Waals surface area contributed by atoms with E-state index in [1.54, 1.807) is 0 Å². The van der Waals surface area contributed by atoms with Gasteiger partial charge in [-0.05, 0) is 30.2 Å². The minimum atomic E-state index is 0.493. The van der Waals surface area contributed by atoms with Gasteiger partial charge in [0.1, 0.15) is 0 Å². The van der Waals surface area contributed by atoms with E-state index in [9.17, 15) is 0 Å². The molecule has 0 aromatic heterocycles. The molecule has 0 N–H and O–H groups in total. The quantitative estimate of drug-likeness (QED) is 0.756. The molecule has 1 aliphatic rings. The molecule has 1 fully saturated rings. The fourth-order valence-electron chi connectivity index (χ4n) is 1.96. The lowest BCUT2D eigenvalue weighted by atomic mass is 10.1. The molecule has 1 aromatic rings. The van der Waals surface area contributed by atoms with Crippen LogP contribution >= 0.6 is 23.2 Å². The minimum absolute atomic E-state index is 0.493. The van der Waals surface area contributed by atoms with Gasteiger partial charge in [-0.1, -0.05) is 11.6 Å². The van der Waals surface area contributed by atoms with Crippen molar-refractivity contribution in [3.05, 3.63) is 28.8 Å². The lowest BCUT2D eigenvalue weighted by molar-refractivity contribution is 0.152. The lowest BCUT2D eigenvalue weighted by Crippen LogP contribution is -2.26. The standard InChI is InChI=1S/C12H15Cl2NO/c13-9-10-8-11(14)2-3-12(10)15-4-1-6-16-7-5-15/h2-3,8H,1,4-7,9H2. The molecule has 1 aliphatic heterocycles. The molecule has 0 unspecified atom stereocenters. The van der Waals surface area contributed by atoms with Crippen LogP contribution in [0.4, 0.5) is 5.69 Å². The predicted molar refractivity (Wildman–Crippen MR) is 68.7 cm³/mol. The Morgan fingerprint density at radius 1 is 1.25 bits per heavy atom. The maximum atomic E-state index is 5.96. The number of hydrogen-bond acceptors (Lipinski definition) is 2. The zero-order valence-corrected chi connectivity index (χ0v) is 10.6. The first-order chi connectivity index (χ1) is 7.81. The first kappa shape index (κ1) is 12.0. The van der Waals surface area contributed by atoms with Gasteiger partial charge in [-0.25, -0.2) is 0 Å². The van der Waals surface area contributed by atoms with E-state index in [1.807, 2.05) is 18.2 Å². The summed E-state index contributed by atoms with van der Waals surface area (Å²) in [5.74, 6) is 0.493. The van der Waals surface area contributed by atoms with E-state index in [0.29, 0.717) is 5.88 Å². The van der Waals surface area contributed by atoms with Crippen LogP contribution in [0.5, 0.6) is 0 Å². The third-order valence-electron chi connectivity index (χ3n) is 2.75. The molecule has 1 heterocycles. The normalized spacial score (nSPS) is 17.2. The Hall–Kier alpha value is -0.440. The van der Waals surface area contributed by atoms with Crippen LogP contribution in [0.15, 0.2) is 18.2 Å². The maximum absolute atomic E-state index is 5.96. The third-order valence-corrected chi connectivity index (χ3v) is 3.27. The summed E-state index contributed by atoms with van der Waals surface area (Å²) < 4.78 is 5.44. The summed E-state index contributed by atoms with van der Waals surface area (Å²) in [5.41, 5.74) is 2.28. The van der Waals surface area contributed by atoms with Gasteiger partial charge in [0.25, 0.3) is 0 Å². The zero-order chi connectivity index (χ0) is 11.4. The molecule has 0 bridgehead atoms. The first-order valence-corrected chi connectivity index (χ1v) is 6.39. The van der Waals surface area contributed by atoms with Crippen LogP contribution in [0.25, 0.3) is 0 Å². The van der Waals surface area contributed by atoms with Crippen molar-refractivity contribution in [2.75, 3.05) is 31.2 Å². The summed E-state index contributed by atoms with van der Waals surface area (Å²) in [6.45, 7) is 3.57. The summed E-state index contributed by atoms with van der Waals surface area (Å²) in [4.78, 5) is 2.32. The summed E-state index contributed by atoms with van der Waals surface area (Å²) >= 11 is 11.9. The highest BCUT2D eigenvalue weighted by Gasteiger charge is 2.13. The number of nitrogens with zero attached hydrogens (tertiary/aromatic N) is 1. The van der Waals surface area contributed by atoms with Crippen molar-refractivity contribution >= 4 is 28.9 Å². The maximum Gasteiger partial charge on any atom is 0.0641 e. The van der Waals surface area contributed by atoms with Crippen LogP contribution in [0.3, 0.4) is 0 Å². The van der Waals surface area contributed by atoms with E-state index in [2.05, 4.69) is 4.90 Å². The Labute approximate surface area is 106 Å². The first-order valence-electron chi connectivity index (χ1n) is 5.48. The molecule has 0 aliphatic carbocycles. The molecule has 0 atom stereocenters. The van der Waals surface area contributed by atoms with Crippen LogP contribution in [0, 0.1) is 0 Å². The Morgan fingerprint density at radius 3 is 2.94 bits per heavy atom. The van der Waals surface area contributed by atoms with E-state index >= 15 is 0 Å². The van der Waals surface area contributed by atoms with Gasteiger partial charge >= 0.3 is 0 Å². The van der Waals surface area contributed by atoms with E-state index in [1.165, 1.54) is 5.69 Å². The van der Waals surface area contributed by atoms with E-state index < -0.39 is 0 Å². The largest absolute Gasteiger partial charge is 0.380 e. The zero-order valence-electron chi connectivity index (χ0n) is 9.09. The number of halogens is 2. The molecule has 0 amide bonds. The third kappa shape index (κ3) is 2.82. The minimum Gasteiger partial charge on any atom is -0.380 e. The molecule has 1 aromatic carbocycles. The average Bonchev–Trinajstić information content (AvgIpc) is 2.57. The van der Waals surface area contributed by atoms with E-state index in [4.69, 9.17) is 27.9 Å². The fraction of sp³-hybridized carbons (Fsp3) is 0.500. The van der Waals surface area contributed by atoms with Gasteiger partial charge < -0.3 is 9.64 Å². The molecule has 0 radical (unpaired) electrons. The molecule has 16 heavy (non-hydrogen) atoms. The predicted octanol–water partition coefficient (Wildman–Crippen LogP) is 3.31. The van der Waals surface area contributed by atoms with Crippen molar-refractivity contribution in [1.29, 1.82) is 0 Å². The molecular formula is C12H15Cl2NO. The van der Waals surface area contributed by atoms with Crippen molar-refractivity contribution in [3.8, 4) is 0 Å². The van der Waals surface area contributed by atoms with Gasteiger partial charge in [-0.15, -0.1) is 11.6 Å². The second-order valence-electron chi connectivity index (χ2n) is 3.86. The Bertz CT molecular complexity index is 349. The summed E-state index contributed by atoms with van der Waals surface area (Å²) in [7, 11) is 0. The van der Waals surface area contributed by atoms with Gasteiger partial charge in [-0.3, -0.25) is 0 Å². The lowest BCUT2D eigenvalue weighted by Gasteiger charge is -2.24. The Kier molecular flexibility index (Phi) is 4.33. The number of alkyl halides is 1. The molecule has 0 spiro atoms. The van der Waals surface area contributed by atoms with Crippen molar-refractivity contribution in [1.82, 2.24) is 0 Å². The number of hydrogen-bond donors (Lipinski definition) is 0. The van der Waals surface area contributed by atoms with Crippen LogP contribution in [0.1, 0.15) is 12.0 Å². The highest BCUT2D eigenvalue weighted by Crippen LogP contribution is 2.26. The van der Waals surface area contributed by atoms with Crippen LogP contribution in [0.2, 0.25) is 5.02 Å². The SMILES string of the molecule is ClCc1cc(Cl)ccc1N1CCCOCC1. The highest BCUT2D eigenvalue weighted by molar-refractivity contribution is 6.30. The van der Waals surface area contributed by atoms with Gasteiger partial charge in [-0.2, -0.15) is 0 Å². The van der Waals surface area contributed by atoms with Crippen molar-refractivity contribution in [2.45, 2.75) is 12.3 Å². The van der Waals surface area contributed by atoms with Crippen LogP contribution in [-0.2, 0) is 10.6 Å². The monoisotopic (exact) mass is 259 g/mol. The molecule has 2 nitrogen and oxygen atoms in total. The smallest absolute Gasteiger partial charge is 0.0641 e. The Morgan fingerprint density at radius 2 is 2.12 bits per heavy atom. The number of anilines is 1. The Balaban J connectivity index is 2.23. The van der Waals surface area contributed by atoms with Gasteiger partial charge in [0.05, 0.1) is 6.61 Å². The molecule has 1 saturated heterocycles. The molecule has 4 heteroatoms. The average molecular weight is 260 g/mol.